The van der Waals surface area contributed by atoms with Crippen molar-refractivity contribution in [3.8, 4) is 0 Å². The van der Waals surface area contributed by atoms with E-state index >= 15 is 0 Å². The normalized spacial score (nSPS) is 20.2. The summed E-state index contributed by atoms with van der Waals surface area (Å²) in [6.45, 7) is 9.40. The molecule has 1 heterocycles. The van der Waals surface area contributed by atoms with E-state index in [2.05, 4.69) is 13.8 Å². The summed E-state index contributed by atoms with van der Waals surface area (Å²) in [7, 11) is -3.44. The highest BCUT2D eigenvalue weighted by molar-refractivity contribution is 7.89. The topological polar surface area (TPSA) is 63.4 Å². The molecule has 2 rings (SSSR count). The van der Waals surface area contributed by atoms with Crippen LogP contribution < -0.4 is 5.73 Å². The standard InChI is InChI=1S/C16H26N2O2S/c1-12-10-14(11-15(17)13(12)2)21(19,20)18-8-5-6-16(3,4)7-9-18/h10-11H,5-9,17H2,1-4H3. The van der Waals surface area contributed by atoms with E-state index in [1.165, 1.54) is 0 Å². The van der Waals surface area contributed by atoms with Crippen LogP contribution in [0.2, 0.25) is 0 Å². The van der Waals surface area contributed by atoms with Gasteiger partial charge in [-0.15, -0.1) is 0 Å². The Morgan fingerprint density at radius 2 is 1.81 bits per heavy atom. The molecule has 0 saturated carbocycles. The van der Waals surface area contributed by atoms with Crippen molar-refractivity contribution in [1.29, 1.82) is 0 Å². The lowest BCUT2D eigenvalue weighted by atomic mass is 9.85. The first-order valence-electron chi connectivity index (χ1n) is 7.50. The number of hydrogen-bond acceptors (Lipinski definition) is 3. The molecule has 0 bridgehead atoms. The van der Waals surface area contributed by atoms with E-state index in [0.29, 0.717) is 23.7 Å². The number of nitrogens with zero attached hydrogens (tertiary/aromatic N) is 1. The average Bonchev–Trinajstić information content (AvgIpc) is 2.56. The van der Waals surface area contributed by atoms with Crippen LogP contribution in [-0.2, 0) is 10.0 Å². The predicted molar refractivity (Wildman–Crippen MR) is 86.7 cm³/mol. The van der Waals surface area contributed by atoms with Crippen molar-refractivity contribution >= 4 is 15.7 Å². The van der Waals surface area contributed by atoms with Crippen LogP contribution in [-0.4, -0.2) is 25.8 Å². The number of anilines is 1. The Morgan fingerprint density at radius 1 is 1.14 bits per heavy atom. The van der Waals surface area contributed by atoms with Crippen molar-refractivity contribution in [1.82, 2.24) is 4.31 Å². The van der Waals surface area contributed by atoms with Crippen LogP contribution in [0.3, 0.4) is 0 Å². The highest BCUT2D eigenvalue weighted by Gasteiger charge is 2.30. The summed E-state index contributed by atoms with van der Waals surface area (Å²) in [5.41, 5.74) is 8.57. The summed E-state index contributed by atoms with van der Waals surface area (Å²) in [5, 5.41) is 0. The Hall–Kier alpha value is -1.07. The molecule has 0 radical (unpaired) electrons. The molecule has 1 aliphatic heterocycles. The zero-order valence-corrected chi connectivity index (χ0v) is 14.3. The fourth-order valence-corrected chi connectivity index (χ4v) is 4.39. The minimum atomic E-state index is -3.44. The molecule has 0 amide bonds. The van der Waals surface area contributed by atoms with Crippen molar-refractivity contribution in [3.63, 3.8) is 0 Å². The van der Waals surface area contributed by atoms with Gasteiger partial charge in [0.1, 0.15) is 0 Å². The van der Waals surface area contributed by atoms with Gasteiger partial charge < -0.3 is 5.73 Å². The molecule has 0 aliphatic carbocycles. The summed E-state index contributed by atoms with van der Waals surface area (Å²) in [5.74, 6) is 0. The van der Waals surface area contributed by atoms with Crippen molar-refractivity contribution < 1.29 is 8.42 Å². The lowest BCUT2D eigenvalue weighted by molar-refractivity contribution is 0.315. The van der Waals surface area contributed by atoms with E-state index in [0.717, 1.165) is 30.4 Å². The lowest BCUT2D eigenvalue weighted by Gasteiger charge is -2.23. The average molecular weight is 310 g/mol. The van der Waals surface area contributed by atoms with Crippen LogP contribution in [0.4, 0.5) is 5.69 Å². The van der Waals surface area contributed by atoms with Gasteiger partial charge in [-0.2, -0.15) is 4.31 Å². The summed E-state index contributed by atoms with van der Waals surface area (Å²) < 4.78 is 27.3. The van der Waals surface area contributed by atoms with Gasteiger partial charge in [0.15, 0.2) is 0 Å². The molecule has 1 aliphatic rings. The third-order valence-corrected chi connectivity index (χ3v) is 6.49. The van der Waals surface area contributed by atoms with Crippen LogP contribution in [0.15, 0.2) is 17.0 Å². The second kappa shape index (κ2) is 5.61. The maximum Gasteiger partial charge on any atom is 0.243 e. The zero-order chi connectivity index (χ0) is 15.8. The first kappa shape index (κ1) is 16.3. The van der Waals surface area contributed by atoms with Crippen molar-refractivity contribution in [2.45, 2.75) is 51.9 Å². The fraction of sp³-hybridized carbons (Fsp3) is 0.625. The molecule has 5 heteroatoms. The van der Waals surface area contributed by atoms with Gasteiger partial charge in [-0.05, 0) is 61.8 Å². The van der Waals surface area contributed by atoms with Crippen LogP contribution in [0.1, 0.15) is 44.2 Å². The van der Waals surface area contributed by atoms with Crippen LogP contribution in [0.5, 0.6) is 0 Å². The van der Waals surface area contributed by atoms with Crippen molar-refractivity contribution in [2.75, 3.05) is 18.8 Å². The van der Waals surface area contributed by atoms with E-state index in [9.17, 15) is 8.42 Å². The SMILES string of the molecule is Cc1cc(S(=O)(=O)N2CCCC(C)(C)CC2)cc(N)c1C. The molecule has 1 saturated heterocycles. The van der Waals surface area contributed by atoms with Gasteiger partial charge in [-0.3, -0.25) is 0 Å². The monoisotopic (exact) mass is 310 g/mol. The minimum Gasteiger partial charge on any atom is -0.398 e. The quantitative estimate of drug-likeness (QED) is 0.854. The summed E-state index contributed by atoms with van der Waals surface area (Å²) in [6, 6.07) is 3.32. The predicted octanol–water partition coefficient (Wildman–Crippen LogP) is 3.09. The van der Waals surface area contributed by atoms with Gasteiger partial charge in [0.2, 0.25) is 10.0 Å². The van der Waals surface area contributed by atoms with Gasteiger partial charge in [0, 0.05) is 18.8 Å². The summed E-state index contributed by atoms with van der Waals surface area (Å²) >= 11 is 0. The van der Waals surface area contributed by atoms with Crippen LogP contribution >= 0.6 is 0 Å². The maximum atomic E-state index is 12.8. The van der Waals surface area contributed by atoms with Gasteiger partial charge in [0.25, 0.3) is 0 Å². The third kappa shape index (κ3) is 3.40. The Morgan fingerprint density at radius 3 is 2.43 bits per heavy atom. The zero-order valence-electron chi connectivity index (χ0n) is 13.4. The Labute approximate surface area is 128 Å². The van der Waals surface area contributed by atoms with Gasteiger partial charge in [-0.1, -0.05) is 13.8 Å². The number of aryl methyl sites for hydroxylation is 1. The van der Waals surface area contributed by atoms with E-state index in [1.807, 2.05) is 13.8 Å². The van der Waals surface area contributed by atoms with E-state index in [-0.39, 0.29) is 5.41 Å². The largest absolute Gasteiger partial charge is 0.398 e. The Balaban J connectivity index is 2.34. The number of nitrogens with two attached hydrogens (primary N) is 1. The maximum absolute atomic E-state index is 12.8. The molecule has 2 N–H and O–H groups in total. The smallest absolute Gasteiger partial charge is 0.243 e. The molecule has 0 unspecified atom stereocenters. The lowest BCUT2D eigenvalue weighted by Crippen LogP contribution is -2.32. The fourth-order valence-electron chi connectivity index (χ4n) is 2.79. The molecule has 1 fully saturated rings. The number of nitrogen functional groups attached to an aromatic ring is 1. The second-order valence-corrected chi connectivity index (χ2v) is 8.81. The van der Waals surface area contributed by atoms with Crippen molar-refractivity contribution in [2.24, 2.45) is 5.41 Å². The number of rotatable bonds is 2. The molecule has 1 aromatic carbocycles. The molecular weight excluding hydrogens is 284 g/mol. The highest BCUT2D eigenvalue weighted by Crippen LogP contribution is 2.32. The molecule has 4 nitrogen and oxygen atoms in total. The molecule has 1 aromatic rings. The van der Waals surface area contributed by atoms with Crippen molar-refractivity contribution in [3.05, 3.63) is 23.3 Å². The number of sulfonamides is 1. The minimum absolute atomic E-state index is 0.215. The molecule has 0 aromatic heterocycles. The molecule has 118 valence electrons. The number of hydrogen-bond donors (Lipinski definition) is 1. The summed E-state index contributed by atoms with van der Waals surface area (Å²) in [6.07, 6.45) is 2.87. The van der Waals surface area contributed by atoms with Crippen LogP contribution in [0.25, 0.3) is 0 Å². The third-order valence-electron chi connectivity index (χ3n) is 4.62. The second-order valence-electron chi connectivity index (χ2n) is 6.88. The Bertz CT molecular complexity index is 613. The highest BCUT2D eigenvalue weighted by atomic mass is 32.2. The molecule has 0 spiro atoms. The Kier molecular flexibility index (Phi) is 4.36. The molecule has 21 heavy (non-hydrogen) atoms. The summed E-state index contributed by atoms with van der Waals surface area (Å²) in [4.78, 5) is 0.322. The van der Waals surface area contributed by atoms with Gasteiger partial charge in [0.05, 0.1) is 4.90 Å². The first-order valence-corrected chi connectivity index (χ1v) is 8.94. The van der Waals surface area contributed by atoms with Gasteiger partial charge >= 0.3 is 0 Å². The number of benzene rings is 1. The first-order chi connectivity index (χ1) is 9.63. The van der Waals surface area contributed by atoms with Gasteiger partial charge in [-0.25, -0.2) is 8.42 Å². The van der Waals surface area contributed by atoms with E-state index in [4.69, 9.17) is 5.73 Å². The van der Waals surface area contributed by atoms with E-state index in [1.54, 1.807) is 16.4 Å². The van der Waals surface area contributed by atoms with Crippen LogP contribution in [0, 0.1) is 19.3 Å². The molecule has 0 atom stereocenters. The molecular formula is C16H26N2O2S. The van der Waals surface area contributed by atoms with E-state index < -0.39 is 10.0 Å².